The summed E-state index contributed by atoms with van der Waals surface area (Å²) >= 11 is 0. The minimum Gasteiger partial charge on any atom is -0.497 e. The Labute approximate surface area is 111 Å². The number of nitrogens with one attached hydrogen (secondary N) is 1. The molecule has 1 rings (SSSR count). The van der Waals surface area contributed by atoms with Gasteiger partial charge in [-0.2, -0.15) is 0 Å². The largest absolute Gasteiger partial charge is 0.497 e. The van der Waals surface area contributed by atoms with Gasteiger partial charge in [0.2, 0.25) is 0 Å². The molecule has 0 amide bonds. The van der Waals surface area contributed by atoms with Crippen molar-refractivity contribution in [2.75, 3.05) is 30.5 Å². The van der Waals surface area contributed by atoms with Crippen LogP contribution < -0.4 is 10.1 Å². The number of nitro groups is 1. The van der Waals surface area contributed by atoms with Crippen LogP contribution in [0.5, 0.6) is 5.75 Å². The van der Waals surface area contributed by atoms with Crippen molar-refractivity contribution >= 4 is 21.2 Å². The smallest absolute Gasteiger partial charge is 0.292 e. The van der Waals surface area contributed by atoms with Crippen LogP contribution in [-0.4, -0.2) is 38.5 Å². The Morgan fingerprint density at radius 1 is 1.42 bits per heavy atom. The predicted molar refractivity (Wildman–Crippen MR) is 72.5 cm³/mol. The van der Waals surface area contributed by atoms with Crippen molar-refractivity contribution in [3.63, 3.8) is 0 Å². The second-order valence-corrected chi connectivity index (χ2v) is 6.28. The summed E-state index contributed by atoms with van der Waals surface area (Å²) in [5.74, 6) is 0.443. The molecule has 0 bridgehead atoms. The molecule has 8 heteroatoms. The first-order chi connectivity index (χ1) is 8.89. The van der Waals surface area contributed by atoms with E-state index >= 15 is 0 Å². The number of nitro benzene ring substituents is 1. The number of benzene rings is 1. The maximum atomic E-state index is 11.3. The molecule has 0 fully saturated rings. The van der Waals surface area contributed by atoms with E-state index in [-0.39, 0.29) is 29.4 Å². The highest BCUT2D eigenvalue weighted by Gasteiger charge is 2.15. The lowest BCUT2D eigenvalue weighted by Gasteiger charge is -2.08. The third-order valence-electron chi connectivity index (χ3n) is 2.57. The summed E-state index contributed by atoms with van der Waals surface area (Å²) in [5.41, 5.74) is 0.130. The van der Waals surface area contributed by atoms with Crippen molar-refractivity contribution < 1.29 is 18.1 Å². The number of anilines is 1. The van der Waals surface area contributed by atoms with Gasteiger partial charge in [0.05, 0.1) is 17.8 Å². The number of rotatable bonds is 7. The molecule has 0 atom stereocenters. The molecule has 0 saturated heterocycles. The van der Waals surface area contributed by atoms with Gasteiger partial charge in [-0.1, -0.05) is 6.92 Å². The van der Waals surface area contributed by atoms with Gasteiger partial charge in [-0.25, -0.2) is 8.42 Å². The number of sulfone groups is 1. The van der Waals surface area contributed by atoms with E-state index in [1.54, 1.807) is 6.92 Å². The number of hydrogen-bond acceptors (Lipinski definition) is 6. The normalized spacial score (nSPS) is 11.1. The molecule has 0 heterocycles. The van der Waals surface area contributed by atoms with Crippen LogP contribution in [0.25, 0.3) is 0 Å². The first kappa shape index (κ1) is 15.2. The lowest BCUT2D eigenvalue weighted by atomic mass is 10.2. The van der Waals surface area contributed by atoms with E-state index in [2.05, 4.69) is 5.32 Å². The highest BCUT2D eigenvalue weighted by Crippen LogP contribution is 2.28. The molecule has 1 aromatic rings. The van der Waals surface area contributed by atoms with Crippen molar-refractivity contribution in [2.24, 2.45) is 0 Å². The zero-order valence-corrected chi connectivity index (χ0v) is 11.6. The summed E-state index contributed by atoms with van der Waals surface area (Å²) in [4.78, 5) is 10.3. The Kier molecular flexibility index (Phi) is 5.11. The molecule has 0 unspecified atom stereocenters. The van der Waals surface area contributed by atoms with E-state index in [4.69, 9.17) is 4.74 Å². The first-order valence-corrected chi connectivity index (χ1v) is 7.48. The fraction of sp³-hybridized carbons (Fsp3) is 0.455. The van der Waals surface area contributed by atoms with Crippen molar-refractivity contribution in [1.82, 2.24) is 0 Å². The van der Waals surface area contributed by atoms with Gasteiger partial charge < -0.3 is 10.1 Å². The van der Waals surface area contributed by atoms with Gasteiger partial charge in [-0.15, -0.1) is 0 Å². The van der Waals surface area contributed by atoms with Gasteiger partial charge >= 0.3 is 0 Å². The number of methoxy groups -OCH3 is 1. The number of nitrogens with zero attached hydrogens (tertiary/aromatic N) is 1. The first-order valence-electron chi connectivity index (χ1n) is 5.66. The van der Waals surface area contributed by atoms with Crippen LogP contribution in [0.2, 0.25) is 0 Å². The van der Waals surface area contributed by atoms with Crippen LogP contribution in [0.4, 0.5) is 11.4 Å². The van der Waals surface area contributed by atoms with Crippen LogP contribution in [-0.2, 0) is 9.84 Å². The van der Waals surface area contributed by atoms with Gasteiger partial charge in [0, 0.05) is 24.4 Å². The Balaban J connectivity index is 2.84. The topological polar surface area (TPSA) is 98.5 Å². The van der Waals surface area contributed by atoms with E-state index in [9.17, 15) is 18.5 Å². The maximum absolute atomic E-state index is 11.3. The van der Waals surface area contributed by atoms with Crippen molar-refractivity contribution in [2.45, 2.75) is 6.92 Å². The van der Waals surface area contributed by atoms with Crippen LogP contribution >= 0.6 is 0 Å². The van der Waals surface area contributed by atoms with Crippen molar-refractivity contribution in [3.05, 3.63) is 28.3 Å². The molecular formula is C11H16N2O5S. The summed E-state index contributed by atoms with van der Waals surface area (Å²) in [6.45, 7) is 1.67. The number of hydrogen-bond donors (Lipinski definition) is 1. The Hall–Kier alpha value is -1.83. The molecule has 0 aromatic heterocycles. The highest BCUT2D eigenvalue weighted by molar-refractivity contribution is 7.91. The fourth-order valence-corrected chi connectivity index (χ4v) is 2.13. The van der Waals surface area contributed by atoms with Crippen LogP contribution in [0, 0.1) is 10.1 Å². The second-order valence-electron chi connectivity index (χ2n) is 3.80. The molecule has 0 aliphatic carbocycles. The Morgan fingerprint density at radius 2 is 2.11 bits per heavy atom. The summed E-state index contributed by atoms with van der Waals surface area (Å²) in [6, 6.07) is 4.26. The lowest BCUT2D eigenvalue weighted by Crippen LogP contribution is -2.17. The third-order valence-corrected chi connectivity index (χ3v) is 4.27. The third kappa shape index (κ3) is 4.40. The van der Waals surface area contributed by atoms with Crippen LogP contribution in [0.15, 0.2) is 18.2 Å². The zero-order chi connectivity index (χ0) is 14.5. The maximum Gasteiger partial charge on any atom is 0.292 e. The molecule has 0 spiro atoms. The van der Waals surface area contributed by atoms with E-state index in [1.807, 2.05) is 0 Å². The minimum atomic E-state index is -3.10. The average Bonchev–Trinajstić information content (AvgIpc) is 2.38. The molecule has 0 aliphatic heterocycles. The van der Waals surface area contributed by atoms with Gasteiger partial charge in [-0.05, 0) is 6.07 Å². The summed E-state index contributed by atoms with van der Waals surface area (Å²) in [5, 5.41) is 13.6. The lowest BCUT2D eigenvalue weighted by molar-refractivity contribution is -0.384. The van der Waals surface area contributed by atoms with E-state index < -0.39 is 14.8 Å². The summed E-state index contributed by atoms with van der Waals surface area (Å²) in [7, 11) is -1.65. The van der Waals surface area contributed by atoms with Crippen molar-refractivity contribution in [1.29, 1.82) is 0 Å². The highest BCUT2D eigenvalue weighted by atomic mass is 32.2. The van der Waals surface area contributed by atoms with Crippen LogP contribution in [0.3, 0.4) is 0 Å². The van der Waals surface area contributed by atoms with Crippen molar-refractivity contribution in [3.8, 4) is 5.75 Å². The Bertz CT molecular complexity index is 556. The molecule has 0 saturated carbocycles. The summed E-state index contributed by atoms with van der Waals surface area (Å²) in [6.07, 6.45) is 0. The van der Waals surface area contributed by atoms with Gasteiger partial charge in [0.25, 0.3) is 5.69 Å². The molecule has 19 heavy (non-hydrogen) atoms. The van der Waals surface area contributed by atoms with E-state index in [1.165, 1.54) is 25.3 Å². The molecular weight excluding hydrogens is 272 g/mol. The van der Waals surface area contributed by atoms with Gasteiger partial charge in [-0.3, -0.25) is 10.1 Å². The van der Waals surface area contributed by atoms with Gasteiger partial charge in [0.15, 0.2) is 9.84 Å². The Morgan fingerprint density at radius 3 is 2.63 bits per heavy atom. The predicted octanol–water partition coefficient (Wildman–Crippen LogP) is 1.45. The monoisotopic (exact) mass is 288 g/mol. The second kappa shape index (κ2) is 6.37. The molecule has 0 radical (unpaired) electrons. The van der Waals surface area contributed by atoms with Crippen LogP contribution in [0.1, 0.15) is 6.92 Å². The minimum absolute atomic E-state index is 0.0505. The van der Waals surface area contributed by atoms with E-state index in [0.717, 1.165) is 0 Å². The molecule has 106 valence electrons. The molecule has 1 aromatic carbocycles. The zero-order valence-electron chi connectivity index (χ0n) is 10.8. The molecule has 1 N–H and O–H groups in total. The standard InChI is InChI=1S/C11H16N2O5S/c1-3-19(16,17)7-6-12-10-8-9(18-2)4-5-11(10)13(14)15/h4-5,8,12H,3,6-7H2,1-2H3. The SMILES string of the molecule is CCS(=O)(=O)CCNc1cc(OC)ccc1[N+](=O)[O-]. The number of ether oxygens (including phenoxy) is 1. The fourth-order valence-electron chi connectivity index (χ4n) is 1.43. The van der Waals surface area contributed by atoms with Gasteiger partial charge in [0.1, 0.15) is 11.4 Å². The quantitative estimate of drug-likeness (QED) is 0.602. The average molecular weight is 288 g/mol. The van der Waals surface area contributed by atoms with E-state index in [0.29, 0.717) is 5.75 Å². The summed E-state index contributed by atoms with van der Waals surface area (Å²) < 4.78 is 27.6. The molecule has 0 aliphatic rings. The molecule has 7 nitrogen and oxygen atoms in total.